The van der Waals surface area contributed by atoms with Gasteiger partial charge in [0.25, 0.3) is 0 Å². The van der Waals surface area contributed by atoms with Gasteiger partial charge in [-0.05, 0) is 82.3 Å². The molecule has 0 spiro atoms. The number of esters is 1. The fourth-order valence-electron chi connectivity index (χ4n) is 4.15. The molecule has 2 fully saturated rings. The van der Waals surface area contributed by atoms with Crippen LogP contribution in [0.4, 0.5) is 0 Å². The highest BCUT2D eigenvalue weighted by Gasteiger charge is 2.32. The Bertz CT molecular complexity index is 526. The van der Waals surface area contributed by atoms with Crippen LogP contribution in [-0.2, 0) is 4.74 Å². The molecule has 1 unspecified atom stereocenters. The Labute approximate surface area is 145 Å². The van der Waals surface area contributed by atoms with Crippen LogP contribution in [0.1, 0.15) is 55.8 Å². The number of rotatable bonds is 6. The van der Waals surface area contributed by atoms with Gasteiger partial charge in [0.05, 0.1) is 18.8 Å². The first kappa shape index (κ1) is 17.3. The number of ether oxygens (including phenoxy) is 2. The van der Waals surface area contributed by atoms with Gasteiger partial charge in [0.1, 0.15) is 5.75 Å². The standard InChI is InChI=1S/C20H29NO3/c1-2-23-18-10-8-17(9-11-18)20(22)24-15-12-16-6-5-14-21-13-4-3-7-19(16)21/h8-11,16,19H,2-7,12-15H2,1H3/t16-,19?/m0/s1. The number of carbonyl (C=O) groups excluding carboxylic acids is 1. The second-order valence-corrected chi connectivity index (χ2v) is 6.88. The first-order chi connectivity index (χ1) is 11.8. The molecule has 0 radical (unpaired) electrons. The summed E-state index contributed by atoms with van der Waals surface area (Å²) in [5.41, 5.74) is 0.599. The van der Waals surface area contributed by atoms with Crippen molar-refractivity contribution < 1.29 is 14.3 Å². The van der Waals surface area contributed by atoms with Crippen LogP contribution in [0, 0.1) is 5.92 Å². The molecule has 0 aliphatic carbocycles. The summed E-state index contributed by atoms with van der Waals surface area (Å²) in [5.74, 6) is 1.25. The molecule has 2 heterocycles. The molecule has 1 aromatic carbocycles. The molecule has 2 saturated heterocycles. The summed E-state index contributed by atoms with van der Waals surface area (Å²) in [5, 5.41) is 0. The molecular formula is C20H29NO3. The fraction of sp³-hybridized carbons (Fsp3) is 0.650. The Morgan fingerprint density at radius 3 is 2.71 bits per heavy atom. The summed E-state index contributed by atoms with van der Waals surface area (Å²) in [6, 6.07) is 7.91. The van der Waals surface area contributed by atoms with Crippen LogP contribution in [0.5, 0.6) is 5.75 Å². The van der Waals surface area contributed by atoms with Gasteiger partial charge in [-0.2, -0.15) is 0 Å². The van der Waals surface area contributed by atoms with E-state index in [4.69, 9.17) is 9.47 Å². The normalized spacial score (nSPS) is 24.2. The number of benzene rings is 1. The lowest BCUT2D eigenvalue weighted by molar-refractivity contribution is 0.0296. The minimum atomic E-state index is -0.227. The van der Waals surface area contributed by atoms with Crippen LogP contribution in [0.2, 0.25) is 0 Å². The summed E-state index contributed by atoms with van der Waals surface area (Å²) in [7, 11) is 0. The summed E-state index contributed by atoms with van der Waals surface area (Å²) in [4.78, 5) is 14.8. The molecule has 2 aliphatic heterocycles. The van der Waals surface area contributed by atoms with E-state index in [0.29, 0.717) is 24.7 Å². The van der Waals surface area contributed by atoms with Crippen molar-refractivity contribution in [1.29, 1.82) is 0 Å². The maximum atomic E-state index is 12.2. The van der Waals surface area contributed by atoms with Crippen LogP contribution >= 0.6 is 0 Å². The van der Waals surface area contributed by atoms with E-state index in [9.17, 15) is 4.79 Å². The number of piperidine rings is 2. The lowest BCUT2D eigenvalue weighted by atomic mass is 9.82. The van der Waals surface area contributed by atoms with Crippen molar-refractivity contribution in [1.82, 2.24) is 4.90 Å². The predicted molar refractivity (Wildman–Crippen MR) is 94.4 cm³/mol. The van der Waals surface area contributed by atoms with E-state index in [1.54, 1.807) is 12.1 Å². The molecule has 4 heteroatoms. The lowest BCUT2D eigenvalue weighted by Crippen LogP contribution is -2.48. The van der Waals surface area contributed by atoms with Crippen LogP contribution in [-0.4, -0.2) is 43.2 Å². The van der Waals surface area contributed by atoms with E-state index in [2.05, 4.69) is 4.90 Å². The zero-order valence-corrected chi connectivity index (χ0v) is 14.7. The molecule has 0 bridgehead atoms. The minimum Gasteiger partial charge on any atom is -0.494 e. The number of carbonyl (C=O) groups is 1. The van der Waals surface area contributed by atoms with Gasteiger partial charge >= 0.3 is 5.97 Å². The van der Waals surface area contributed by atoms with E-state index in [-0.39, 0.29) is 5.97 Å². The first-order valence-corrected chi connectivity index (χ1v) is 9.42. The van der Waals surface area contributed by atoms with Gasteiger partial charge in [-0.15, -0.1) is 0 Å². The lowest BCUT2D eigenvalue weighted by Gasteiger charge is -2.44. The topological polar surface area (TPSA) is 38.8 Å². The van der Waals surface area contributed by atoms with Crippen molar-refractivity contribution in [3.05, 3.63) is 29.8 Å². The average Bonchev–Trinajstić information content (AvgIpc) is 2.63. The molecule has 24 heavy (non-hydrogen) atoms. The van der Waals surface area contributed by atoms with Gasteiger partial charge in [-0.3, -0.25) is 0 Å². The van der Waals surface area contributed by atoms with Gasteiger partial charge in [-0.25, -0.2) is 4.79 Å². The van der Waals surface area contributed by atoms with E-state index in [0.717, 1.165) is 18.2 Å². The van der Waals surface area contributed by atoms with Gasteiger partial charge in [0.15, 0.2) is 0 Å². The van der Waals surface area contributed by atoms with Crippen molar-refractivity contribution in [2.45, 2.75) is 51.5 Å². The highest BCUT2D eigenvalue weighted by Crippen LogP contribution is 2.32. The monoisotopic (exact) mass is 331 g/mol. The van der Waals surface area contributed by atoms with E-state index in [1.165, 1.54) is 45.2 Å². The number of hydrogen-bond acceptors (Lipinski definition) is 4. The average molecular weight is 331 g/mol. The Morgan fingerprint density at radius 2 is 1.92 bits per heavy atom. The van der Waals surface area contributed by atoms with E-state index >= 15 is 0 Å². The van der Waals surface area contributed by atoms with Gasteiger partial charge in [0.2, 0.25) is 0 Å². The summed E-state index contributed by atoms with van der Waals surface area (Å²) in [6.07, 6.45) is 7.57. The number of fused-ring (bicyclic) bond motifs is 1. The van der Waals surface area contributed by atoms with Crippen molar-refractivity contribution in [2.24, 2.45) is 5.92 Å². The molecule has 0 aromatic heterocycles. The molecular weight excluding hydrogens is 302 g/mol. The molecule has 3 rings (SSSR count). The van der Waals surface area contributed by atoms with E-state index < -0.39 is 0 Å². The summed E-state index contributed by atoms with van der Waals surface area (Å²) in [6.45, 7) is 5.62. The minimum absolute atomic E-state index is 0.227. The molecule has 2 atom stereocenters. The van der Waals surface area contributed by atoms with Crippen molar-refractivity contribution >= 4 is 5.97 Å². The second kappa shape index (κ2) is 8.52. The van der Waals surface area contributed by atoms with Crippen molar-refractivity contribution in [2.75, 3.05) is 26.3 Å². The van der Waals surface area contributed by atoms with Crippen molar-refractivity contribution in [3.63, 3.8) is 0 Å². The molecule has 0 amide bonds. The SMILES string of the molecule is CCOc1ccc(C(=O)OCC[C@@H]2CCCN3CCCCC23)cc1. The van der Waals surface area contributed by atoms with Gasteiger partial charge in [-0.1, -0.05) is 6.42 Å². The van der Waals surface area contributed by atoms with Crippen LogP contribution in [0.15, 0.2) is 24.3 Å². The molecule has 0 saturated carbocycles. The summed E-state index contributed by atoms with van der Waals surface area (Å²) < 4.78 is 10.9. The highest BCUT2D eigenvalue weighted by atomic mass is 16.5. The zero-order valence-electron chi connectivity index (χ0n) is 14.7. The third-order valence-electron chi connectivity index (χ3n) is 5.35. The van der Waals surface area contributed by atoms with Gasteiger partial charge < -0.3 is 14.4 Å². The maximum absolute atomic E-state index is 12.2. The van der Waals surface area contributed by atoms with Crippen LogP contribution in [0.3, 0.4) is 0 Å². The van der Waals surface area contributed by atoms with Crippen LogP contribution < -0.4 is 4.74 Å². The maximum Gasteiger partial charge on any atom is 0.338 e. The second-order valence-electron chi connectivity index (χ2n) is 6.88. The zero-order chi connectivity index (χ0) is 16.8. The Kier molecular flexibility index (Phi) is 6.13. The number of hydrogen-bond donors (Lipinski definition) is 0. The fourth-order valence-corrected chi connectivity index (χ4v) is 4.15. The van der Waals surface area contributed by atoms with E-state index in [1.807, 2.05) is 19.1 Å². The third-order valence-corrected chi connectivity index (χ3v) is 5.35. The third kappa shape index (κ3) is 4.29. The van der Waals surface area contributed by atoms with Crippen LogP contribution in [0.25, 0.3) is 0 Å². The first-order valence-electron chi connectivity index (χ1n) is 9.42. The van der Waals surface area contributed by atoms with Gasteiger partial charge in [0, 0.05) is 6.04 Å². The molecule has 2 aliphatic rings. The molecule has 4 nitrogen and oxygen atoms in total. The smallest absolute Gasteiger partial charge is 0.338 e. The molecule has 1 aromatic rings. The van der Waals surface area contributed by atoms with Crippen molar-refractivity contribution in [3.8, 4) is 5.75 Å². The Balaban J connectivity index is 1.46. The quantitative estimate of drug-likeness (QED) is 0.741. The molecule has 0 N–H and O–H groups in total. The largest absolute Gasteiger partial charge is 0.494 e. The Morgan fingerprint density at radius 1 is 1.12 bits per heavy atom. The Hall–Kier alpha value is -1.55. The highest BCUT2D eigenvalue weighted by molar-refractivity contribution is 5.89. The predicted octanol–water partition coefficient (Wildman–Crippen LogP) is 3.90. The number of nitrogens with zero attached hydrogens (tertiary/aromatic N) is 1. The summed E-state index contributed by atoms with van der Waals surface area (Å²) >= 11 is 0. The molecule has 132 valence electrons.